The molecule has 4 rings (SSSR count). The maximum atomic E-state index is 13.3. The second-order valence-electron chi connectivity index (χ2n) is 9.13. The largest absolute Gasteiger partial charge is 0.325 e. The maximum absolute atomic E-state index is 13.3. The number of rotatable bonds is 9. The standard InChI is InChI=1S/C32H27Cl2N3O3S/c1-20-7-6-8-21(2)30(20)37-29(38)19-41-26-15-13-25(14-16-26)35-32(40)28(17-23-11-12-24(33)18-27(23)34)36-31(39)22-9-4-3-5-10-22/h3-18H,19H2,1-2H3,(H,35,40)(H,36,39)(H,37,38)/b28-17-. The van der Waals surface area contributed by atoms with Gasteiger partial charge in [-0.15, -0.1) is 11.8 Å². The van der Waals surface area contributed by atoms with Crippen molar-refractivity contribution in [2.75, 3.05) is 16.4 Å². The highest BCUT2D eigenvalue weighted by Crippen LogP contribution is 2.25. The molecular formula is C32H27Cl2N3O3S. The Morgan fingerprint density at radius 2 is 1.49 bits per heavy atom. The van der Waals surface area contributed by atoms with E-state index in [-0.39, 0.29) is 17.4 Å². The van der Waals surface area contributed by atoms with Crippen molar-refractivity contribution in [2.45, 2.75) is 18.7 Å². The fourth-order valence-corrected chi connectivity index (χ4v) is 5.05. The number of carbonyl (C=O) groups excluding carboxylic acids is 3. The number of aryl methyl sites for hydroxylation is 2. The van der Waals surface area contributed by atoms with Crippen LogP contribution in [0.1, 0.15) is 27.0 Å². The molecular weight excluding hydrogens is 577 g/mol. The van der Waals surface area contributed by atoms with Crippen LogP contribution < -0.4 is 16.0 Å². The average molecular weight is 605 g/mol. The van der Waals surface area contributed by atoms with Crippen LogP contribution in [0, 0.1) is 13.8 Å². The lowest BCUT2D eigenvalue weighted by atomic mass is 10.1. The Kier molecular flexibility index (Phi) is 10.2. The van der Waals surface area contributed by atoms with Crippen LogP contribution in [0.2, 0.25) is 10.0 Å². The van der Waals surface area contributed by atoms with Crippen molar-refractivity contribution in [3.05, 3.63) is 129 Å². The number of amides is 3. The van der Waals surface area contributed by atoms with E-state index in [1.807, 2.05) is 44.2 Å². The number of hydrogen-bond donors (Lipinski definition) is 3. The van der Waals surface area contributed by atoms with Crippen LogP contribution in [0.15, 0.2) is 102 Å². The van der Waals surface area contributed by atoms with Crippen LogP contribution in [-0.2, 0) is 9.59 Å². The van der Waals surface area contributed by atoms with Crippen molar-refractivity contribution in [3.8, 4) is 0 Å². The Morgan fingerprint density at radius 1 is 0.805 bits per heavy atom. The Morgan fingerprint density at radius 3 is 2.15 bits per heavy atom. The van der Waals surface area contributed by atoms with Crippen LogP contribution in [0.25, 0.3) is 6.08 Å². The average Bonchev–Trinajstić information content (AvgIpc) is 2.96. The Bertz CT molecular complexity index is 1590. The van der Waals surface area contributed by atoms with Gasteiger partial charge in [0.1, 0.15) is 5.70 Å². The third-order valence-electron chi connectivity index (χ3n) is 6.02. The molecule has 0 radical (unpaired) electrons. The Hall–Kier alpha value is -4.04. The zero-order valence-electron chi connectivity index (χ0n) is 22.3. The Labute approximate surface area is 253 Å². The molecule has 0 aromatic heterocycles. The maximum Gasteiger partial charge on any atom is 0.272 e. The van der Waals surface area contributed by atoms with E-state index < -0.39 is 11.8 Å². The summed E-state index contributed by atoms with van der Waals surface area (Å²) in [6, 6.07) is 26.4. The summed E-state index contributed by atoms with van der Waals surface area (Å²) in [5.74, 6) is -0.842. The van der Waals surface area contributed by atoms with Crippen molar-refractivity contribution in [1.29, 1.82) is 0 Å². The fraction of sp³-hybridized carbons (Fsp3) is 0.0938. The molecule has 0 spiro atoms. The smallest absolute Gasteiger partial charge is 0.272 e. The number of anilines is 2. The summed E-state index contributed by atoms with van der Waals surface area (Å²) < 4.78 is 0. The lowest BCUT2D eigenvalue weighted by molar-refractivity contribution is -0.114. The van der Waals surface area contributed by atoms with E-state index in [1.54, 1.807) is 60.7 Å². The first-order valence-electron chi connectivity index (χ1n) is 12.6. The highest BCUT2D eigenvalue weighted by Gasteiger charge is 2.16. The summed E-state index contributed by atoms with van der Waals surface area (Å²) in [5.41, 5.74) is 4.28. The summed E-state index contributed by atoms with van der Waals surface area (Å²) >= 11 is 13.7. The molecule has 4 aromatic carbocycles. The van der Waals surface area contributed by atoms with Crippen LogP contribution in [0.5, 0.6) is 0 Å². The van der Waals surface area contributed by atoms with E-state index in [0.29, 0.717) is 26.9 Å². The van der Waals surface area contributed by atoms with Gasteiger partial charge in [0, 0.05) is 31.9 Å². The third-order valence-corrected chi connectivity index (χ3v) is 7.59. The molecule has 3 amide bonds. The molecule has 6 nitrogen and oxygen atoms in total. The van der Waals surface area contributed by atoms with E-state index in [4.69, 9.17) is 23.2 Å². The zero-order valence-corrected chi connectivity index (χ0v) is 24.7. The molecule has 0 heterocycles. The monoisotopic (exact) mass is 603 g/mol. The summed E-state index contributed by atoms with van der Waals surface area (Å²) in [5, 5.41) is 9.26. The molecule has 208 valence electrons. The van der Waals surface area contributed by atoms with Gasteiger partial charge >= 0.3 is 0 Å². The van der Waals surface area contributed by atoms with Crippen molar-refractivity contribution in [3.63, 3.8) is 0 Å². The minimum absolute atomic E-state index is 0.00435. The molecule has 0 aliphatic heterocycles. The van der Waals surface area contributed by atoms with Gasteiger partial charge in [0.05, 0.1) is 5.75 Å². The molecule has 9 heteroatoms. The molecule has 0 saturated heterocycles. The number of halogens is 2. The van der Waals surface area contributed by atoms with Gasteiger partial charge in [-0.1, -0.05) is 65.7 Å². The molecule has 0 unspecified atom stereocenters. The number of carbonyl (C=O) groups is 3. The van der Waals surface area contributed by atoms with E-state index >= 15 is 0 Å². The van der Waals surface area contributed by atoms with Gasteiger partial charge in [0.15, 0.2) is 0 Å². The first kappa shape index (κ1) is 29.9. The van der Waals surface area contributed by atoms with E-state index in [9.17, 15) is 14.4 Å². The van der Waals surface area contributed by atoms with Crippen molar-refractivity contribution in [1.82, 2.24) is 5.32 Å². The summed E-state index contributed by atoms with van der Waals surface area (Å²) in [4.78, 5) is 39.5. The quantitative estimate of drug-likeness (QED) is 0.135. The SMILES string of the molecule is Cc1cccc(C)c1NC(=O)CSc1ccc(NC(=O)/C(=C/c2ccc(Cl)cc2Cl)NC(=O)c2ccccc2)cc1. The normalized spacial score (nSPS) is 11.1. The lowest BCUT2D eigenvalue weighted by Gasteiger charge is -2.13. The first-order chi connectivity index (χ1) is 19.7. The molecule has 0 saturated carbocycles. The predicted molar refractivity (Wildman–Crippen MR) is 169 cm³/mol. The van der Waals surface area contributed by atoms with Gasteiger partial charge in [-0.25, -0.2) is 0 Å². The molecule has 3 N–H and O–H groups in total. The van der Waals surface area contributed by atoms with E-state index in [1.165, 1.54) is 17.8 Å². The zero-order chi connectivity index (χ0) is 29.4. The van der Waals surface area contributed by atoms with Crippen LogP contribution >= 0.6 is 35.0 Å². The fourth-order valence-electron chi connectivity index (χ4n) is 3.89. The minimum atomic E-state index is -0.534. The molecule has 4 aromatic rings. The predicted octanol–water partition coefficient (Wildman–Crippen LogP) is 7.75. The molecule has 0 fully saturated rings. The van der Waals surface area contributed by atoms with Gasteiger partial charge in [-0.3, -0.25) is 14.4 Å². The van der Waals surface area contributed by atoms with Crippen molar-refractivity contribution in [2.24, 2.45) is 0 Å². The highest BCUT2D eigenvalue weighted by atomic mass is 35.5. The van der Waals surface area contributed by atoms with E-state index in [2.05, 4.69) is 16.0 Å². The molecule has 0 bridgehead atoms. The molecule has 0 aliphatic rings. The molecule has 0 atom stereocenters. The number of hydrogen-bond acceptors (Lipinski definition) is 4. The minimum Gasteiger partial charge on any atom is -0.325 e. The van der Waals surface area contributed by atoms with Crippen molar-refractivity contribution >= 4 is 70.1 Å². The number of nitrogens with one attached hydrogen (secondary N) is 3. The summed E-state index contributed by atoms with van der Waals surface area (Å²) in [6.07, 6.45) is 1.49. The van der Waals surface area contributed by atoms with Gasteiger partial charge in [0.25, 0.3) is 11.8 Å². The topological polar surface area (TPSA) is 87.3 Å². The highest BCUT2D eigenvalue weighted by molar-refractivity contribution is 8.00. The number of benzene rings is 4. The van der Waals surface area contributed by atoms with Crippen LogP contribution in [0.3, 0.4) is 0 Å². The van der Waals surface area contributed by atoms with Gasteiger partial charge in [-0.2, -0.15) is 0 Å². The molecule has 0 aliphatic carbocycles. The van der Waals surface area contributed by atoms with Crippen LogP contribution in [0.4, 0.5) is 11.4 Å². The molecule has 41 heavy (non-hydrogen) atoms. The second-order valence-corrected chi connectivity index (χ2v) is 11.0. The second kappa shape index (κ2) is 14.0. The van der Waals surface area contributed by atoms with E-state index in [0.717, 1.165) is 21.7 Å². The van der Waals surface area contributed by atoms with Crippen molar-refractivity contribution < 1.29 is 14.4 Å². The van der Waals surface area contributed by atoms with Crippen LogP contribution in [-0.4, -0.2) is 23.5 Å². The Balaban J connectivity index is 1.43. The summed E-state index contributed by atoms with van der Waals surface area (Å²) in [6.45, 7) is 3.92. The van der Waals surface area contributed by atoms with Gasteiger partial charge in [0.2, 0.25) is 5.91 Å². The summed E-state index contributed by atoms with van der Waals surface area (Å²) in [7, 11) is 0. The number of thioether (sulfide) groups is 1. The van der Waals surface area contributed by atoms with Gasteiger partial charge < -0.3 is 16.0 Å². The first-order valence-corrected chi connectivity index (χ1v) is 14.4. The lowest BCUT2D eigenvalue weighted by Crippen LogP contribution is -2.30. The van der Waals surface area contributed by atoms with Gasteiger partial charge in [-0.05, 0) is 85.1 Å². The number of para-hydroxylation sites is 1. The third kappa shape index (κ3) is 8.47.